The van der Waals surface area contributed by atoms with Crippen molar-refractivity contribution in [2.75, 3.05) is 0 Å². The van der Waals surface area contributed by atoms with Crippen molar-refractivity contribution in [3.8, 4) is 0 Å². The molecule has 0 fully saturated rings. The van der Waals surface area contributed by atoms with Crippen LogP contribution in [0.15, 0.2) is 39.5 Å². The maximum absolute atomic E-state index is 12.1. The Balaban J connectivity index is 2.46. The predicted molar refractivity (Wildman–Crippen MR) is 76.9 cm³/mol. The molecule has 1 aromatic carbocycles. The van der Waals surface area contributed by atoms with Gasteiger partial charge in [0.2, 0.25) is 0 Å². The molecule has 20 heavy (non-hydrogen) atoms. The molecule has 0 amide bonds. The van der Waals surface area contributed by atoms with Crippen LogP contribution in [0.1, 0.15) is 18.3 Å². The van der Waals surface area contributed by atoms with Crippen molar-refractivity contribution < 1.29 is 9.21 Å². The second-order valence-electron chi connectivity index (χ2n) is 4.89. The predicted octanol–water partition coefficient (Wildman–Crippen LogP) is 2.78. The van der Waals surface area contributed by atoms with E-state index in [9.17, 15) is 9.59 Å². The van der Waals surface area contributed by atoms with Crippen molar-refractivity contribution >= 4 is 27.5 Å². The Hall–Kier alpha value is -2.49. The van der Waals surface area contributed by atoms with Crippen LogP contribution in [-0.4, -0.2) is 10.8 Å². The van der Waals surface area contributed by atoms with Gasteiger partial charge in [-0.1, -0.05) is 18.2 Å². The monoisotopic (exact) mass is 267 g/mol. The molecule has 0 atom stereocenters. The highest BCUT2D eigenvalue weighted by molar-refractivity contribution is 6.05. The van der Waals surface area contributed by atoms with Crippen molar-refractivity contribution in [3.05, 3.63) is 52.1 Å². The topological polar surface area (TPSA) is 60.2 Å². The van der Waals surface area contributed by atoms with E-state index in [-0.39, 0.29) is 12.2 Å². The summed E-state index contributed by atoms with van der Waals surface area (Å²) in [6.07, 6.45) is 0.269. The van der Waals surface area contributed by atoms with Gasteiger partial charge in [-0.2, -0.15) is 0 Å². The van der Waals surface area contributed by atoms with Crippen LogP contribution < -0.4 is 5.63 Å². The van der Waals surface area contributed by atoms with Gasteiger partial charge in [-0.25, -0.2) is 4.79 Å². The minimum Gasteiger partial charge on any atom is -0.422 e. The van der Waals surface area contributed by atoms with Gasteiger partial charge >= 0.3 is 5.63 Å². The summed E-state index contributed by atoms with van der Waals surface area (Å²) in [4.78, 5) is 27.7. The Morgan fingerprint density at radius 1 is 1.25 bits per heavy atom. The first-order chi connectivity index (χ1) is 9.56. The van der Waals surface area contributed by atoms with Crippen molar-refractivity contribution in [2.24, 2.45) is 0 Å². The molecule has 0 aliphatic heterocycles. The number of benzene rings is 1. The lowest BCUT2D eigenvalue weighted by Crippen LogP contribution is -2.07. The number of aromatic nitrogens is 1. The zero-order valence-electron chi connectivity index (χ0n) is 11.3. The fourth-order valence-corrected chi connectivity index (χ4v) is 2.48. The van der Waals surface area contributed by atoms with E-state index in [2.05, 4.69) is 4.98 Å². The van der Waals surface area contributed by atoms with Gasteiger partial charge in [0.25, 0.3) is 0 Å². The summed E-state index contributed by atoms with van der Waals surface area (Å²) in [6, 6.07) is 9.18. The molecule has 0 N–H and O–H groups in total. The van der Waals surface area contributed by atoms with E-state index in [1.807, 2.05) is 24.3 Å². The Morgan fingerprint density at radius 2 is 2.00 bits per heavy atom. The van der Waals surface area contributed by atoms with Gasteiger partial charge in [-0.3, -0.25) is 9.78 Å². The highest BCUT2D eigenvalue weighted by atomic mass is 16.4. The molecular formula is C16H13NO3. The summed E-state index contributed by atoms with van der Waals surface area (Å²) in [7, 11) is 0. The number of nitrogens with zero attached hydrogens (tertiary/aromatic N) is 1. The summed E-state index contributed by atoms with van der Waals surface area (Å²) < 4.78 is 5.31. The number of carbonyl (C=O) groups excluding carboxylic acids is 1. The molecule has 3 aromatic rings. The van der Waals surface area contributed by atoms with E-state index >= 15 is 0 Å². The van der Waals surface area contributed by atoms with E-state index in [0.717, 1.165) is 10.8 Å². The standard InChI is InChI=1S/C16H13NO3/c1-9(18)7-11-8-13-12-5-3-4-6-14(12)20-16(19)15(13)10(2)17-11/h3-6,8H,7H2,1-2H3. The molecule has 3 rings (SSSR count). The molecule has 100 valence electrons. The van der Waals surface area contributed by atoms with Crippen LogP contribution in [0.25, 0.3) is 21.7 Å². The van der Waals surface area contributed by atoms with Crippen LogP contribution >= 0.6 is 0 Å². The number of para-hydroxylation sites is 1. The van der Waals surface area contributed by atoms with E-state index < -0.39 is 5.63 Å². The first kappa shape index (κ1) is 12.5. The molecule has 0 saturated heterocycles. The second-order valence-corrected chi connectivity index (χ2v) is 4.89. The first-order valence-electron chi connectivity index (χ1n) is 6.38. The van der Waals surface area contributed by atoms with E-state index in [4.69, 9.17) is 4.42 Å². The van der Waals surface area contributed by atoms with Crippen LogP contribution in [0.2, 0.25) is 0 Å². The highest BCUT2D eigenvalue weighted by Crippen LogP contribution is 2.24. The number of rotatable bonds is 2. The lowest BCUT2D eigenvalue weighted by molar-refractivity contribution is -0.116. The number of Topliss-reactive ketones (excluding diaryl/α,β-unsaturated/α-hetero) is 1. The lowest BCUT2D eigenvalue weighted by atomic mass is 10.0. The molecule has 0 saturated carbocycles. The smallest absolute Gasteiger partial charge is 0.346 e. The van der Waals surface area contributed by atoms with Crippen molar-refractivity contribution in [1.82, 2.24) is 4.98 Å². The maximum Gasteiger partial charge on any atom is 0.346 e. The van der Waals surface area contributed by atoms with Gasteiger partial charge in [0.1, 0.15) is 11.4 Å². The summed E-state index contributed by atoms with van der Waals surface area (Å²) in [5.74, 6) is 0.0449. The lowest BCUT2D eigenvalue weighted by Gasteiger charge is -2.07. The van der Waals surface area contributed by atoms with E-state index in [1.54, 1.807) is 13.0 Å². The van der Waals surface area contributed by atoms with Gasteiger partial charge < -0.3 is 4.42 Å². The second kappa shape index (κ2) is 4.56. The fraction of sp³-hybridized carbons (Fsp3) is 0.188. The van der Waals surface area contributed by atoms with Crippen LogP contribution in [0.5, 0.6) is 0 Å². The zero-order chi connectivity index (χ0) is 14.3. The molecule has 0 unspecified atom stereocenters. The highest BCUT2D eigenvalue weighted by Gasteiger charge is 2.12. The van der Waals surface area contributed by atoms with E-state index in [1.165, 1.54) is 6.92 Å². The minimum absolute atomic E-state index is 0.0449. The van der Waals surface area contributed by atoms with E-state index in [0.29, 0.717) is 22.4 Å². The molecule has 0 radical (unpaired) electrons. The maximum atomic E-state index is 12.1. The van der Waals surface area contributed by atoms with Crippen LogP contribution in [0, 0.1) is 6.92 Å². The fourth-order valence-electron chi connectivity index (χ4n) is 2.48. The Morgan fingerprint density at radius 3 is 2.75 bits per heavy atom. The zero-order valence-corrected chi connectivity index (χ0v) is 11.3. The third kappa shape index (κ3) is 1.99. The first-order valence-corrected chi connectivity index (χ1v) is 6.38. The Kier molecular flexibility index (Phi) is 2.86. The largest absolute Gasteiger partial charge is 0.422 e. The average molecular weight is 267 g/mol. The van der Waals surface area contributed by atoms with Crippen molar-refractivity contribution in [2.45, 2.75) is 20.3 Å². The average Bonchev–Trinajstić information content (AvgIpc) is 2.37. The summed E-state index contributed by atoms with van der Waals surface area (Å²) >= 11 is 0. The van der Waals surface area contributed by atoms with Crippen LogP contribution in [-0.2, 0) is 11.2 Å². The molecule has 0 aliphatic rings. The van der Waals surface area contributed by atoms with Crippen LogP contribution in [0.3, 0.4) is 0 Å². The van der Waals surface area contributed by atoms with Gasteiger partial charge in [0.15, 0.2) is 0 Å². The molecule has 0 bridgehead atoms. The number of hydrogen-bond acceptors (Lipinski definition) is 4. The number of hydrogen-bond donors (Lipinski definition) is 0. The molecule has 2 heterocycles. The Labute approximate surface area is 115 Å². The van der Waals surface area contributed by atoms with Gasteiger partial charge in [0, 0.05) is 22.9 Å². The van der Waals surface area contributed by atoms with Gasteiger partial charge in [-0.15, -0.1) is 0 Å². The number of ketones is 1. The quantitative estimate of drug-likeness (QED) is 0.529. The van der Waals surface area contributed by atoms with Crippen LogP contribution in [0.4, 0.5) is 0 Å². The summed E-state index contributed by atoms with van der Waals surface area (Å²) in [5, 5.41) is 2.13. The molecule has 2 aromatic heterocycles. The number of aryl methyl sites for hydroxylation is 1. The minimum atomic E-state index is -0.391. The number of fused-ring (bicyclic) bond motifs is 3. The molecule has 0 aliphatic carbocycles. The van der Waals surface area contributed by atoms with Gasteiger partial charge in [0.05, 0.1) is 11.1 Å². The molecule has 4 nitrogen and oxygen atoms in total. The SMILES string of the molecule is CC(=O)Cc1cc2c(c(C)n1)c(=O)oc1ccccc12. The van der Waals surface area contributed by atoms with Crippen molar-refractivity contribution in [1.29, 1.82) is 0 Å². The normalized spacial score (nSPS) is 11.1. The number of pyridine rings is 1. The third-order valence-corrected chi connectivity index (χ3v) is 3.27. The third-order valence-electron chi connectivity index (χ3n) is 3.27. The van der Waals surface area contributed by atoms with Gasteiger partial charge in [-0.05, 0) is 26.0 Å². The summed E-state index contributed by atoms with van der Waals surface area (Å²) in [5.41, 5.74) is 1.43. The van der Waals surface area contributed by atoms with Crippen molar-refractivity contribution in [3.63, 3.8) is 0 Å². The Bertz CT molecular complexity index is 893. The summed E-state index contributed by atoms with van der Waals surface area (Å²) in [6.45, 7) is 3.29. The molecular weight excluding hydrogens is 254 g/mol. The molecule has 4 heteroatoms. The number of carbonyl (C=O) groups is 1. The molecule has 0 spiro atoms.